The molecule has 0 saturated heterocycles. The van der Waals surface area contributed by atoms with Gasteiger partial charge in [0.25, 0.3) is 5.91 Å². The van der Waals surface area contributed by atoms with Crippen molar-refractivity contribution in [3.63, 3.8) is 0 Å². The van der Waals surface area contributed by atoms with Crippen LogP contribution in [0.2, 0.25) is 0 Å². The fourth-order valence-electron chi connectivity index (χ4n) is 2.83. The van der Waals surface area contributed by atoms with Gasteiger partial charge in [0, 0.05) is 18.6 Å². The molecule has 28 heavy (non-hydrogen) atoms. The molecule has 8 heteroatoms. The lowest BCUT2D eigenvalue weighted by Crippen LogP contribution is -2.36. The third-order valence-electron chi connectivity index (χ3n) is 4.07. The molecular formula is C20H23N5O3. The molecule has 1 aromatic carbocycles. The van der Waals surface area contributed by atoms with Crippen LogP contribution in [0.5, 0.6) is 0 Å². The molecule has 0 aliphatic heterocycles. The van der Waals surface area contributed by atoms with Crippen molar-refractivity contribution in [3.05, 3.63) is 47.9 Å². The van der Waals surface area contributed by atoms with Gasteiger partial charge in [0.05, 0.1) is 16.9 Å². The van der Waals surface area contributed by atoms with Crippen LogP contribution in [0.4, 0.5) is 0 Å². The van der Waals surface area contributed by atoms with Crippen molar-refractivity contribution < 1.29 is 14.3 Å². The molecule has 1 amide bonds. The first-order valence-corrected chi connectivity index (χ1v) is 8.91. The van der Waals surface area contributed by atoms with Crippen LogP contribution in [0, 0.1) is 6.92 Å². The van der Waals surface area contributed by atoms with E-state index in [4.69, 9.17) is 4.74 Å². The van der Waals surface area contributed by atoms with Gasteiger partial charge < -0.3 is 9.64 Å². The molecule has 0 bridgehead atoms. The Morgan fingerprint density at radius 1 is 1.18 bits per heavy atom. The second-order valence-electron chi connectivity index (χ2n) is 7.54. The summed E-state index contributed by atoms with van der Waals surface area (Å²) in [6.07, 6.45) is 1.71. The molecule has 8 nitrogen and oxygen atoms in total. The lowest BCUT2D eigenvalue weighted by Gasteiger charge is -2.22. The lowest BCUT2D eigenvalue weighted by atomic mass is 10.2. The number of fused-ring (bicyclic) bond motifs is 1. The molecule has 0 unspecified atom stereocenters. The highest BCUT2D eigenvalue weighted by Crippen LogP contribution is 2.21. The van der Waals surface area contributed by atoms with Crippen molar-refractivity contribution in [2.45, 2.75) is 33.3 Å². The minimum atomic E-state index is -0.610. The fourth-order valence-corrected chi connectivity index (χ4v) is 2.83. The van der Waals surface area contributed by atoms with Crippen molar-refractivity contribution in [1.82, 2.24) is 24.9 Å². The van der Waals surface area contributed by atoms with Gasteiger partial charge in [-0.3, -0.25) is 14.6 Å². The van der Waals surface area contributed by atoms with Crippen molar-refractivity contribution in [2.24, 2.45) is 0 Å². The van der Waals surface area contributed by atoms with Crippen LogP contribution < -0.4 is 0 Å². The standard InChI is InChI=1S/C20H23N5O3/c1-13-17(19(27)24(5)12-16(26)28-20(2,3)4)22-23-25(13)15-10-6-8-14-9-7-11-21-18(14)15/h6-11H,12H2,1-5H3. The third-order valence-corrected chi connectivity index (χ3v) is 4.07. The summed E-state index contributed by atoms with van der Waals surface area (Å²) in [5, 5.41) is 9.15. The molecule has 146 valence electrons. The number of esters is 1. The molecule has 0 fully saturated rings. The SMILES string of the molecule is Cc1c(C(=O)N(C)CC(=O)OC(C)(C)C)nnn1-c1cccc2cccnc12. The number of para-hydroxylation sites is 1. The van der Waals surface area contributed by atoms with E-state index in [2.05, 4.69) is 15.3 Å². The van der Waals surface area contributed by atoms with E-state index in [1.807, 2.05) is 30.3 Å². The van der Waals surface area contributed by atoms with Crippen LogP contribution >= 0.6 is 0 Å². The molecule has 3 rings (SSSR count). The zero-order chi connectivity index (χ0) is 20.5. The highest BCUT2D eigenvalue weighted by Gasteiger charge is 2.25. The van der Waals surface area contributed by atoms with Gasteiger partial charge in [-0.25, -0.2) is 4.68 Å². The Kier molecular flexibility index (Phi) is 5.13. The average molecular weight is 381 g/mol. The molecule has 0 atom stereocenters. The minimum absolute atomic E-state index is 0.168. The number of amides is 1. The molecule has 0 aliphatic carbocycles. The number of pyridine rings is 1. The molecule has 0 saturated carbocycles. The van der Waals surface area contributed by atoms with E-state index >= 15 is 0 Å². The first kappa shape index (κ1) is 19.5. The molecule has 3 aromatic rings. The number of benzene rings is 1. The van der Waals surface area contributed by atoms with E-state index in [1.165, 1.54) is 11.9 Å². The van der Waals surface area contributed by atoms with E-state index in [0.29, 0.717) is 5.69 Å². The zero-order valence-electron chi connectivity index (χ0n) is 16.6. The van der Waals surface area contributed by atoms with Crippen molar-refractivity contribution >= 4 is 22.8 Å². The lowest BCUT2D eigenvalue weighted by molar-refractivity contribution is -0.155. The van der Waals surface area contributed by atoms with Gasteiger partial charge in [-0.2, -0.15) is 0 Å². The van der Waals surface area contributed by atoms with Crippen molar-refractivity contribution in [1.29, 1.82) is 0 Å². The van der Waals surface area contributed by atoms with Crippen LogP contribution in [0.1, 0.15) is 37.0 Å². The van der Waals surface area contributed by atoms with E-state index in [1.54, 1.807) is 38.6 Å². The summed E-state index contributed by atoms with van der Waals surface area (Å²) in [6, 6.07) is 9.55. The van der Waals surface area contributed by atoms with Crippen molar-refractivity contribution in [3.8, 4) is 5.69 Å². The molecule has 0 spiro atoms. The van der Waals surface area contributed by atoms with E-state index < -0.39 is 17.5 Å². The Hall–Kier alpha value is -3.29. The Bertz CT molecular complexity index is 1030. The van der Waals surface area contributed by atoms with Crippen molar-refractivity contribution in [2.75, 3.05) is 13.6 Å². The predicted molar refractivity (Wildman–Crippen MR) is 104 cm³/mol. The van der Waals surface area contributed by atoms with E-state index in [9.17, 15) is 9.59 Å². The quantitative estimate of drug-likeness (QED) is 0.645. The molecule has 0 N–H and O–H groups in total. The number of ether oxygens (including phenoxy) is 1. The van der Waals surface area contributed by atoms with E-state index in [-0.39, 0.29) is 12.2 Å². The Balaban J connectivity index is 1.86. The van der Waals surface area contributed by atoms with Gasteiger partial charge in [-0.05, 0) is 39.8 Å². The van der Waals surface area contributed by atoms with E-state index in [0.717, 1.165) is 16.6 Å². The predicted octanol–water partition coefficient (Wildman–Crippen LogP) is 2.54. The second-order valence-corrected chi connectivity index (χ2v) is 7.54. The third kappa shape index (κ3) is 4.00. The van der Waals surface area contributed by atoms with Gasteiger partial charge in [-0.1, -0.05) is 23.4 Å². The number of carbonyl (C=O) groups is 2. The monoisotopic (exact) mass is 381 g/mol. The first-order chi connectivity index (χ1) is 13.2. The molecule has 0 radical (unpaired) electrons. The molecular weight excluding hydrogens is 358 g/mol. The number of carbonyl (C=O) groups excluding carboxylic acids is 2. The van der Waals surface area contributed by atoms with Crippen LogP contribution in [0.3, 0.4) is 0 Å². The highest BCUT2D eigenvalue weighted by molar-refractivity contribution is 5.95. The fraction of sp³-hybridized carbons (Fsp3) is 0.350. The van der Waals surface area contributed by atoms with Gasteiger partial charge in [0.1, 0.15) is 12.1 Å². The van der Waals surface area contributed by atoms with Gasteiger partial charge in [0.15, 0.2) is 5.69 Å². The van der Waals surface area contributed by atoms with Gasteiger partial charge in [0.2, 0.25) is 0 Å². The number of hydrogen-bond acceptors (Lipinski definition) is 6. The summed E-state index contributed by atoms with van der Waals surface area (Å²) in [6.45, 7) is 6.93. The largest absolute Gasteiger partial charge is 0.459 e. The second kappa shape index (κ2) is 7.38. The number of likely N-dealkylation sites (N-methyl/N-ethyl adjacent to an activating group) is 1. The first-order valence-electron chi connectivity index (χ1n) is 8.91. The Labute approximate surface area is 163 Å². The summed E-state index contributed by atoms with van der Waals surface area (Å²) in [4.78, 5) is 30.4. The highest BCUT2D eigenvalue weighted by atomic mass is 16.6. The minimum Gasteiger partial charge on any atom is -0.459 e. The number of nitrogens with zero attached hydrogens (tertiary/aromatic N) is 5. The Morgan fingerprint density at radius 2 is 1.89 bits per heavy atom. The number of hydrogen-bond donors (Lipinski definition) is 0. The maximum absolute atomic E-state index is 12.8. The molecule has 2 aromatic heterocycles. The van der Waals surface area contributed by atoms with Gasteiger partial charge >= 0.3 is 5.97 Å². The van der Waals surface area contributed by atoms with Gasteiger partial charge in [-0.15, -0.1) is 5.10 Å². The number of rotatable bonds is 4. The normalized spacial score (nSPS) is 11.5. The van der Waals surface area contributed by atoms with Crippen LogP contribution in [0.25, 0.3) is 16.6 Å². The Morgan fingerprint density at radius 3 is 2.61 bits per heavy atom. The smallest absolute Gasteiger partial charge is 0.326 e. The van der Waals surface area contributed by atoms with Crippen LogP contribution in [-0.4, -0.2) is 55.9 Å². The molecule has 0 aliphatic rings. The summed E-state index contributed by atoms with van der Waals surface area (Å²) in [5.41, 5.74) is 1.63. The topological polar surface area (TPSA) is 90.2 Å². The van der Waals surface area contributed by atoms with Crippen LogP contribution in [0.15, 0.2) is 36.5 Å². The summed E-state index contributed by atoms with van der Waals surface area (Å²) in [5.74, 6) is -0.880. The molecule has 2 heterocycles. The zero-order valence-corrected chi connectivity index (χ0v) is 16.6. The summed E-state index contributed by atoms with van der Waals surface area (Å²) < 4.78 is 6.85. The maximum Gasteiger partial charge on any atom is 0.326 e. The number of aromatic nitrogens is 4. The maximum atomic E-state index is 12.8. The summed E-state index contributed by atoms with van der Waals surface area (Å²) >= 11 is 0. The van der Waals surface area contributed by atoms with Crippen LogP contribution in [-0.2, 0) is 9.53 Å². The summed E-state index contributed by atoms with van der Waals surface area (Å²) in [7, 11) is 1.53. The average Bonchev–Trinajstić information content (AvgIpc) is 3.00.